The summed E-state index contributed by atoms with van der Waals surface area (Å²) in [6, 6.07) is 7.39. The van der Waals surface area contributed by atoms with E-state index < -0.39 is 11.7 Å². The first-order chi connectivity index (χ1) is 10.1. The Morgan fingerprint density at radius 1 is 1.38 bits per heavy atom. The SMILES string of the molecule is Cc1ccc(NC(=O)c2cc(C#CCO)ccc2F)cn1. The summed E-state index contributed by atoms with van der Waals surface area (Å²) in [7, 11) is 0. The summed E-state index contributed by atoms with van der Waals surface area (Å²) < 4.78 is 13.7. The van der Waals surface area contributed by atoms with Crippen LogP contribution < -0.4 is 5.32 Å². The lowest BCUT2D eigenvalue weighted by Gasteiger charge is -2.06. The number of carbonyl (C=O) groups is 1. The maximum absolute atomic E-state index is 13.7. The highest BCUT2D eigenvalue weighted by atomic mass is 19.1. The van der Waals surface area contributed by atoms with Crippen LogP contribution in [0.1, 0.15) is 21.6 Å². The van der Waals surface area contributed by atoms with Crippen LogP contribution in [-0.2, 0) is 0 Å². The highest BCUT2D eigenvalue weighted by molar-refractivity contribution is 6.04. The van der Waals surface area contributed by atoms with Gasteiger partial charge in [-0.05, 0) is 37.3 Å². The molecule has 21 heavy (non-hydrogen) atoms. The number of rotatable bonds is 2. The van der Waals surface area contributed by atoms with E-state index in [-0.39, 0.29) is 12.2 Å². The van der Waals surface area contributed by atoms with Gasteiger partial charge in [0.05, 0.1) is 17.4 Å². The van der Waals surface area contributed by atoms with Gasteiger partial charge in [0.2, 0.25) is 0 Å². The Balaban J connectivity index is 2.23. The van der Waals surface area contributed by atoms with Crippen molar-refractivity contribution in [3.63, 3.8) is 0 Å². The van der Waals surface area contributed by atoms with Crippen LogP contribution in [0.2, 0.25) is 0 Å². The van der Waals surface area contributed by atoms with Gasteiger partial charge in [-0.25, -0.2) is 4.39 Å². The number of aryl methyl sites for hydroxylation is 1. The normalized spacial score (nSPS) is 9.67. The van der Waals surface area contributed by atoms with E-state index in [1.165, 1.54) is 24.4 Å². The Kier molecular flexibility index (Phi) is 4.64. The number of anilines is 1. The molecule has 0 fully saturated rings. The van der Waals surface area contributed by atoms with Gasteiger partial charge >= 0.3 is 0 Å². The van der Waals surface area contributed by atoms with Gasteiger partial charge < -0.3 is 10.4 Å². The Labute approximate surface area is 121 Å². The fourth-order valence-corrected chi connectivity index (χ4v) is 1.66. The quantitative estimate of drug-likeness (QED) is 0.830. The van der Waals surface area contributed by atoms with E-state index in [0.717, 1.165) is 5.69 Å². The second-order valence-corrected chi connectivity index (χ2v) is 4.30. The number of aliphatic hydroxyl groups is 1. The smallest absolute Gasteiger partial charge is 0.258 e. The molecule has 1 aromatic heterocycles. The maximum atomic E-state index is 13.7. The van der Waals surface area contributed by atoms with Crippen LogP contribution >= 0.6 is 0 Å². The summed E-state index contributed by atoms with van der Waals surface area (Å²) in [4.78, 5) is 16.1. The molecule has 1 heterocycles. The number of carbonyl (C=O) groups excluding carboxylic acids is 1. The van der Waals surface area contributed by atoms with E-state index in [4.69, 9.17) is 5.11 Å². The predicted molar refractivity (Wildman–Crippen MR) is 77.3 cm³/mol. The van der Waals surface area contributed by atoms with Crippen molar-refractivity contribution in [1.29, 1.82) is 0 Å². The molecule has 1 aromatic carbocycles. The van der Waals surface area contributed by atoms with Crippen LogP contribution in [0.3, 0.4) is 0 Å². The Bertz CT molecular complexity index is 715. The average Bonchev–Trinajstić information content (AvgIpc) is 2.48. The Hall–Kier alpha value is -2.71. The van der Waals surface area contributed by atoms with Gasteiger partial charge in [-0.2, -0.15) is 0 Å². The van der Waals surface area contributed by atoms with Crippen LogP contribution in [-0.4, -0.2) is 22.6 Å². The van der Waals surface area contributed by atoms with Crippen molar-refractivity contribution in [1.82, 2.24) is 4.98 Å². The molecule has 2 N–H and O–H groups in total. The van der Waals surface area contributed by atoms with Crippen molar-refractivity contribution in [2.24, 2.45) is 0 Å². The second kappa shape index (κ2) is 6.64. The minimum absolute atomic E-state index is 0.111. The van der Waals surface area contributed by atoms with Crippen molar-refractivity contribution >= 4 is 11.6 Å². The number of benzene rings is 1. The first-order valence-electron chi connectivity index (χ1n) is 6.23. The number of hydrogen-bond donors (Lipinski definition) is 2. The summed E-state index contributed by atoms with van der Waals surface area (Å²) in [6.45, 7) is 1.53. The summed E-state index contributed by atoms with van der Waals surface area (Å²) in [5.41, 5.74) is 1.65. The van der Waals surface area contributed by atoms with E-state index in [9.17, 15) is 9.18 Å². The van der Waals surface area contributed by atoms with Crippen LogP contribution in [0.4, 0.5) is 10.1 Å². The fraction of sp³-hybridized carbons (Fsp3) is 0.125. The third kappa shape index (κ3) is 3.88. The number of pyridine rings is 1. The molecule has 2 rings (SSSR count). The van der Waals surface area contributed by atoms with Gasteiger partial charge in [-0.3, -0.25) is 9.78 Å². The van der Waals surface area contributed by atoms with Gasteiger partial charge in [0.15, 0.2) is 0 Å². The summed E-state index contributed by atoms with van der Waals surface area (Å²) in [5.74, 6) is 3.86. The molecule has 2 aromatic rings. The summed E-state index contributed by atoms with van der Waals surface area (Å²) in [6.07, 6.45) is 1.50. The molecule has 0 radical (unpaired) electrons. The number of nitrogens with one attached hydrogen (secondary N) is 1. The lowest BCUT2D eigenvalue weighted by Crippen LogP contribution is -2.14. The van der Waals surface area contributed by atoms with Gasteiger partial charge in [-0.15, -0.1) is 0 Å². The lowest BCUT2D eigenvalue weighted by atomic mass is 10.1. The molecule has 0 aliphatic carbocycles. The number of halogens is 1. The molecule has 5 heteroatoms. The number of aromatic nitrogens is 1. The van der Waals surface area contributed by atoms with Crippen molar-refractivity contribution in [2.75, 3.05) is 11.9 Å². The van der Waals surface area contributed by atoms with E-state index in [1.54, 1.807) is 12.1 Å². The van der Waals surface area contributed by atoms with E-state index in [1.807, 2.05) is 6.92 Å². The zero-order valence-corrected chi connectivity index (χ0v) is 11.4. The summed E-state index contributed by atoms with van der Waals surface area (Å²) in [5, 5.41) is 11.2. The Morgan fingerprint density at radius 2 is 2.19 bits per heavy atom. The molecule has 0 aliphatic rings. The molecule has 0 bridgehead atoms. The zero-order valence-electron chi connectivity index (χ0n) is 11.4. The van der Waals surface area contributed by atoms with Gasteiger partial charge in [0.25, 0.3) is 5.91 Å². The van der Waals surface area contributed by atoms with Crippen LogP contribution in [0, 0.1) is 24.6 Å². The number of nitrogens with zero attached hydrogens (tertiary/aromatic N) is 1. The first kappa shape index (κ1) is 14.7. The third-order valence-corrected chi connectivity index (χ3v) is 2.69. The fourth-order valence-electron chi connectivity index (χ4n) is 1.66. The standard InChI is InChI=1S/C16H13FN2O2/c1-11-4-6-13(10-18-11)19-16(21)14-9-12(3-2-8-20)5-7-15(14)17/h4-7,9-10,20H,8H2,1H3,(H,19,21). The molecule has 0 saturated heterocycles. The zero-order chi connectivity index (χ0) is 15.2. The topological polar surface area (TPSA) is 62.2 Å². The minimum Gasteiger partial charge on any atom is -0.384 e. The van der Waals surface area contributed by atoms with Crippen LogP contribution in [0.25, 0.3) is 0 Å². The number of hydrogen-bond acceptors (Lipinski definition) is 3. The van der Waals surface area contributed by atoms with Crippen LogP contribution in [0.5, 0.6) is 0 Å². The van der Waals surface area contributed by atoms with E-state index in [0.29, 0.717) is 11.3 Å². The second-order valence-electron chi connectivity index (χ2n) is 4.30. The first-order valence-corrected chi connectivity index (χ1v) is 6.23. The summed E-state index contributed by atoms with van der Waals surface area (Å²) >= 11 is 0. The van der Waals surface area contributed by atoms with Crippen molar-refractivity contribution < 1.29 is 14.3 Å². The monoisotopic (exact) mass is 284 g/mol. The molecule has 0 spiro atoms. The minimum atomic E-state index is -0.637. The van der Waals surface area contributed by atoms with Crippen molar-refractivity contribution in [3.8, 4) is 11.8 Å². The average molecular weight is 284 g/mol. The molecular formula is C16H13FN2O2. The maximum Gasteiger partial charge on any atom is 0.258 e. The van der Waals surface area contributed by atoms with Crippen molar-refractivity contribution in [2.45, 2.75) is 6.92 Å². The number of amides is 1. The highest BCUT2D eigenvalue weighted by Gasteiger charge is 2.12. The van der Waals surface area contributed by atoms with Crippen molar-refractivity contribution in [3.05, 3.63) is 59.2 Å². The molecule has 4 nitrogen and oxygen atoms in total. The number of aliphatic hydroxyl groups excluding tert-OH is 1. The molecule has 106 valence electrons. The molecule has 0 unspecified atom stereocenters. The highest BCUT2D eigenvalue weighted by Crippen LogP contribution is 2.13. The third-order valence-electron chi connectivity index (χ3n) is 2.69. The molecule has 1 amide bonds. The molecular weight excluding hydrogens is 271 g/mol. The van der Waals surface area contributed by atoms with Gasteiger partial charge in [0, 0.05) is 11.3 Å². The molecule has 0 aliphatic heterocycles. The van der Waals surface area contributed by atoms with E-state index in [2.05, 4.69) is 22.1 Å². The molecule has 0 atom stereocenters. The lowest BCUT2D eigenvalue weighted by molar-refractivity contribution is 0.102. The molecule has 0 saturated carbocycles. The van der Waals surface area contributed by atoms with Gasteiger partial charge in [0.1, 0.15) is 12.4 Å². The van der Waals surface area contributed by atoms with E-state index >= 15 is 0 Å². The van der Waals surface area contributed by atoms with Crippen LogP contribution in [0.15, 0.2) is 36.5 Å². The Morgan fingerprint density at radius 3 is 2.86 bits per heavy atom. The predicted octanol–water partition coefficient (Wildman–Crippen LogP) is 2.13. The van der Waals surface area contributed by atoms with Gasteiger partial charge in [-0.1, -0.05) is 11.8 Å². The largest absolute Gasteiger partial charge is 0.384 e.